The van der Waals surface area contributed by atoms with E-state index in [1.165, 1.54) is 6.92 Å². The third-order valence-electron chi connectivity index (χ3n) is 6.94. The van der Waals surface area contributed by atoms with Crippen LogP contribution in [0.25, 0.3) is 0 Å². The van der Waals surface area contributed by atoms with E-state index in [1.54, 1.807) is 60.7 Å². The number of hydrogen-bond donors (Lipinski definition) is 2. The summed E-state index contributed by atoms with van der Waals surface area (Å²) in [7, 11) is 3.98. The first-order valence-corrected chi connectivity index (χ1v) is 16.4. The highest BCUT2D eigenvalue weighted by Gasteiger charge is 2.11. The van der Waals surface area contributed by atoms with E-state index in [0.29, 0.717) is 47.0 Å². The smallest absolute Gasteiger partial charge is 0.308 e. The number of anilines is 1. The fraction of sp³-hybridized carbons (Fsp3) is 0.289. The normalized spacial score (nSPS) is 10.7. The van der Waals surface area contributed by atoms with Crippen LogP contribution in [0.5, 0.6) is 5.75 Å². The van der Waals surface area contributed by atoms with Crippen LogP contribution in [0.4, 0.5) is 28.4 Å². The first kappa shape index (κ1) is 37.7. The molecule has 0 atom stereocenters. The summed E-state index contributed by atoms with van der Waals surface area (Å²) >= 11 is 0. The fourth-order valence-corrected chi connectivity index (χ4v) is 4.24. The van der Waals surface area contributed by atoms with Crippen LogP contribution in [0.1, 0.15) is 67.2 Å². The molecule has 0 aromatic heterocycles. The van der Waals surface area contributed by atoms with E-state index < -0.39 is 0 Å². The molecule has 0 aliphatic carbocycles. The molecule has 4 aromatic rings. The van der Waals surface area contributed by atoms with Crippen LogP contribution < -0.4 is 20.3 Å². The molecule has 0 spiro atoms. The van der Waals surface area contributed by atoms with Crippen molar-refractivity contribution in [2.24, 2.45) is 20.5 Å². The Morgan fingerprint density at radius 3 is 1.45 bits per heavy atom. The molecule has 0 aliphatic heterocycles. The standard InChI is InChI=1S/C19H24N4O.C19H21N3O3/c1-4-5-14-20-19(24)17-8-6-7-9-18(17)22-21-15-10-12-16(13-11-15)23(2)3;1-3-4-13-20-19(24)17-7-5-6-8-18(17)22-21-15-9-11-16(12-10-15)25-14(2)23/h6-13H,4-5,14H2,1-3H3,(H,20,24);5-12H,3-4,13H2,1-2H3,(H,20,24). The Kier molecular flexibility index (Phi) is 15.8. The molecule has 0 unspecified atom stereocenters. The van der Waals surface area contributed by atoms with E-state index in [1.807, 2.05) is 55.4 Å². The largest absolute Gasteiger partial charge is 0.427 e. The van der Waals surface area contributed by atoms with Gasteiger partial charge in [0.2, 0.25) is 0 Å². The predicted octanol–water partition coefficient (Wildman–Crippen LogP) is 9.26. The van der Waals surface area contributed by atoms with Crippen LogP contribution in [0.15, 0.2) is 118 Å². The average Bonchev–Trinajstić information content (AvgIpc) is 3.11. The van der Waals surface area contributed by atoms with Gasteiger partial charge < -0.3 is 20.3 Å². The lowest BCUT2D eigenvalue weighted by molar-refractivity contribution is -0.131. The molecule has 0 radical (unpaired) electrons. The van der Waals surface area contributed by atoms with E-state index in [9.17, 15) is 14.4 Å². The van der Waals surface area contributed by atoms with Gasteiger partial charge in [0.1, 0.15) is 5.75 Å². The van der Waals surface area contributed by atoms with Gasteiger partial charge in [-0.05, 0) is 85.6 Å². The Hall–Kier alpha value is -5.71. The monoisotopic (exact) mass is 663 g/mol. The van der Waals surface area contributed by atoms with Crippen LogP contribution in [0.3, 0.4) is 0 Å². The molecular formula is C38H45N7O4. The van der Waals surface area contributed by atoms with Crippen molar-refractivity contribution in [1.29, 1.82) is 0 Å². The van der Waals surface area contributed by atoms with E-state index in [0.717, 1.165) is 37.1 Å². The van der Waals surface area contributed by atoms with Gasteiger partial charge in [-0.1, -0.05) is 51.0 Å². The highest BCUT2D eigenvalue weighted by Crippen LogP contribution is 2.25. The Balaban J connectivity index is 0.000000266. The number of amides is 2. The minimum absolute atomic E-state index is 0.110. The number of unbranched alkanes of at least 4 members (excludes halogenated alkanes) is 2. The van der Waals surface area contributed by atoms with Crippen LogP contribution in [-0.4, -0.2) is 45.0 Å². The number of nitrogens with zero attached hydrogens (tertiary/aromatic N) is 5. The first-order valence-electron chi connectivity index (χ1n) is 16.4. The molecule has 0 aliphatic rings. The molecule has 11 nitrogen and oxygen atoms in total. The zero-order valence-corrected chi connectivity index (χ0v) is 28.8. The van der Waals surface area contributed by atoms with Crippen molar-refractivity contribution in [1.82, 2.24) is 10.6 Å². The molecule has 11 heteroatoms. The number of nitrogens with one attached hydrogen (secondary N) is 2. The molecule has 0 bridgehead atoms. The lowest BCUT2D eigenvalue weighted by atomic mass is 10.1. The van der Waals surface area contributed by atoms with Gasteiger partial charge in [-0.3, -0.25) is 14.4 Å². The summed E-state index contributed by atoms with van der Waals surface area (Å²) in [5.41, 5.74) is 4.55. The van der Waals surface area contributed by atoms with Crippen molar-refractivity contribution in [3.05, 3.63) is 108 Å². The van der Waals surface area contributed by atoms with Crippen molar-refractivity contribution in [2.45, 2.75) is 46.5 Å². The number of benzene rings is 4. The maximum atomic E-state index is 12.3. The Bertz CT molecular complexity index is 1700. The molecule has 256 valence electrons. The van der Waals surface area contributed by atoms with Gasteiger partial charge in [0.25, 0.3) is 11.8 Å². The predicted molar refractivity (Wildman–Crippen MR) is 194 cm³/mol. The van der Waals surface area contributed by atoms with E-state index in [2.05, 4.69) is 44.9 Å². The van der Waals surface area contributed by atoms with Gasteiger partial charge in [-0.15, -0.1) is 10.2 Å². The quantitative estimate of drug-likeness (QED) is 0.0600. The van der Waals surface area contributed by atoms with Crippen molar-refractivity contribution in [3.63, 3.8) is 0 Å². The molecule has 0 fully saturated rings. The zero-order valence-electron chi connectivity index (χ0n) is 28.8. The maximum Gasteiger partial charge on any atom is 0.308 e. The minimum atomic E-state index is -0.377. The van der Waals surface area contributed by atoms with E-state index >= 15 is 0 Å². The van der Waals surface area contributed by atoms with Gasteiger partial charge in [-0.2, -0.15) is 10.2 Å². The average molecular weight is 664 g/mol. The summed E-state index contributed by atoms with van der Waals surface area (Å²) < 4.78 is 4.97. The van der Waals surface area contributed by atoms with Gasteiger partial charge >= 0.3 is 5.97 Å². The van der Waals surface area contributed by atoms with E-state index in [-0.39, 0.29) is 17.8 Å². The molecule has 0 saturated carbocycles. The van der Waals surface area contributed by atoms with Crippen molar-refractivity contribution in [3.8, 4) is 5.75 Å². The second kappa shape index (κ2) is 20.5. The van der Waals surface area contributed by atoms with Crippen LogP contribution in [-0.2, 0) is 4.79 Å². The summed E-state index contributed by atoms with van der Waals surface area (Å²) in [6.07, 6.45) is 3.97. The molecule has 4 aromatic carbocycles. The first-order chi connectivity index (χ1) is 23.7. The van der Waals surface area contributed by atoms with E-state index in [4.69, 9.17) is 4.74 Å². The number of carbonyl (C=O) groups is 3. The number of azo groups is 2. The van der Waals surface area contributed by atoms with Crippen molar-refractivity contribution in [2.75, 3.05) is 32.1 Å². The summed E-state index contributed by atoms with van der Waals surface area (Å²) in [5.74, 6) is -0.200. The summed E-state index contributed by atoms with van der Waals surface area (Å²) in [5, 5.41) is 22.6. The topological polar surface area (TPSA) is 137 Å². The number of ether oxygens (including phenoxy) is 1. The number of esters is 1. The van der Waals surface area contributed by atoms with Gasteiger partial charge in [-0.25, -0.2) is 0 Å². The Labute approximate surface area is 288 Å². The molecule has 2 N–H and O–H groups in total. The highest BCUT2D eigenvalue weighted by molar-refractivity contribution is 5.99. The lowest BCUT2D eigenvalue weighted by Gasteiger charge is -2.11. The van der Waals surface area contributed by atoms with Crippen molar-refractivity contribution < 1.29 is 19.1 Å². The zero-order chi connectivity index (χ0) is 35.4. The second-order valence-electron chi connectivity index (χ2n) is 11.2. The lowest BCUT2D eigenvalue weighted by Crippen LogP contribution is -2.24. The van der Waals surface area contributed by atoms with Gasteiger partial charge in [0, 0.05) is 39.8 Å². The molecule has 4 rings (SSSR count). The van der Waals surface area contributed by atoms with Crippen molar-refractivity contribution >= 4 is 46.2 Å². The molecule has 49 heavy (non-hydrogen) atoms. The molecular weight excluding hydrogens is 618 g/mol. The summed E-state index contributed by atoms with van der Waals surface area (Å²) in [4.78, 5) is 37.4. The highest BCUT2D eigenvalue weighted by atomic mass is 16.5. The Morgan fingerprint density at radius 1 is 0.612 bits per heavy atom. The van der Waals surface area contributed by atoms with Crippen LogP contribution >= 0.6 is 0 Å². The Morgan fingerprint density at radius 2 is 1.04 bits per heavy atom. The van der Waals surface area contributed by atoms with Crippen LogP contribution in [0, 0.1) is 0 Å². The SMILES string of the molecule is CCCCNC(=O)c1ccccc1N=Nc1ccc(N(C)C)cc1.CCCCNC(=O)c1ccccc1N=Nc1ccc(OC(C)=O)cc1. The summed E-state index contributed by atoms with van der Waals surface area (Å²) in [6.45, 7) is 6.82. The second-order valence-corrected chi connectivity index (χ2v) is 11.2. The van der Waals surface area contributed by atoms with Crippen LogP contribution in [0.2, 0.25) is 0 Å². The third-order valence-corrected chi connectivity index (χ3v) is 6.94. The molecule has 0 heterocycles. The fourth-order valence-electron chi connectivity index (χ4n) is 4.24. The maximum absolute atomic E-state index is 12.3. The number of hydrogen-bond acceptors (Lipinski definition) is 9. The van der Waals surface area contributed by atoms with Gasteiger partial charge in [0.05, 0.1) is 33.9 Å². The molecule has 0 saturated heterocycles. The van der Waals surface area contributed by atoms with Gasteiger partial charge in [0.15, 0.2) is 0 Å². The number of carbonyl (C=O) groups excluding carboxylic acids is 3. The summed E-state index contributed by atoms with van der Waals surface area (Å²) in [6, 6.07) is 28.7. The molecule has 2 amide bonds. The number of rotatable bonds is 14. The minimum Gasteiger partial charge on any atom is -0.427 e. The third kappa shape index (κ3) is 13.1.